The molecule has 112 valence electrons. The van der Waals surface area contributed by atoms with Gasteiger partial charge in [0.25, 0.3) is 0 Å². The molecule has 5 heteroatoms. The molecule has 0 aliphatic rings. The van der Waals surface area contributed by atoms with Crippen LogP contribution in [0, 0.1) is 5.82 Å². The summed E-state index contributed by atoms with van der Waals surface area (Å²) in [6, 6.07) is 4.60. The molecular formula is C15H21BrFNO2. The second kappa shape index (κ2) is 9.88. The number of unbranched alkanes of at least 4 members (excludes halogenated alkanes) is 1. The van der Waals surface area contributed by atoms with E-state index < -0.39 is 0 Å². The van der Waals surface area contributed by atoms with E-state index in [1.54, 1.807) is 12.1 Å². The van der Waals surface area contributed by atoms with Gasteiger partial charge in [0.2, 0.25) is 5.91 Å². The molecule has 0 spiro atoms. The molecule has 0 fully saturated rings. The molecule has 0 bridgehead atoms. The summed E-state index contributed by atoms with van der Waals surface area (Å²) in [5.74, 6) is -0.526. The molecule has 1 rings (SSSR count). The summed E-state index contributed by atoms with van der Waals surface area (Å²) in [5.41, 5.74) is 0.399. The molecule has 0 radical (unpaired) electrons. The molecule has 0 aromatic heterocycles. The highest BCUT2D eigenvalue weighted by molar-refractivity contribution is 9.10. The van der Waals surface area contributed by atoms with Crippen LogP contribution in [0.4, 0.5) is 4.39 Å². The summed E-state index contributed by atoms with van der Waals surface area (Å²) in [6.07, 6.45) is 3.02. The van der Waals surface area contributed by atoms with E-state index in [9.17, 15) is 9.18 Å². The van der Waals surface area contributed by atoms with Gasteiger partial charge in [-0.25, -0.2) is 4.39 Å². The first-order valence-corrected chi connectivity index (χ1v) is 7.71. The van der Waals surface area contributed by atoms with Crippen LogP contribution in [-0.4, -0.2) is 25.7 Å². The van der Waals surface area contributed by atoms with Gasteiger partial charge in [-0.15, -0.1) is 0 Å². The fraction of sp³-hybridized carbons (Fsp3) is 0.533. The minimum absolute atomic E-state index is 0.0575. The Morgan fingerprint density at radius 3 is 2.85 bits per heavy atom. The molecule has 0 aliphatic heterocycles. The van der Waals surface area contributed by atoms with Gasteiger partial charge in [-0.3, -0.25) is 4.79 Å². The van der Waals surface area contributed by atoms with Gasteiger partial charge >= 0.3 is 0 Å². The number of carbonyl (C=O) groups excluding carboxylic acids is 1. The molecule has 0 aliphatic carbocycles. The smallest absolute Gasteiger partial charge is 0.224 e. The predicted octanol–water partition coefficient (Wildman–Crippen LogP) is 3.45. The number of nitrogens with one attached hydrogen (secondary N) is 1. The normalized spacial score (nSPS) is 10.6. The first-order valence-electron chi connectivity index (χ1n) is 6.92. The van der Waals surface area contributed by atoms with Crippen LogP contribution < -0.4 is 5.32 Å². The Bertz CT molecular complexity index is 426. The van der Waals surface area contributed by atoms with Crippen LogP contribution in [0.2, 0.25) is 0 Å². The van der Waals surface area contributed by atoms with Gasteiger partial charge in [-0.2, -0.15) is 0 Å². The van der Waals surface area contributed by atoms with E-state index in [1.165, 1.54) is 6.07 Å². The number of ether oxygens (including phenoxy) is 1. The fourth-order valence-electron chi connectivity index (χ4n) is 1.66. The highest BCUT2D eigenvalue weighted by Gasteiger charge is 2.08. The highest BCUT2D eigenvalue weighted by Crippen LogP contribution is 2.15. The van der Waals surface area contributed by atoms with Crippen molar-refractivity contribution in [1.82, 2.24) is 5.32 Å². The molecule has 0 atom stereocenters. The van der Waals surface area contributed by atoms with E-state index in [4.69, 9.17) is 4.74 Å². The Kier molecular flexibility index (Phi) is 8.46. The molecule has 1 aromatic rings. The predicted molar refractivity (Wildman–Crippen MR) is 81.2 cm³/mol. The van der Waals surface area contributed by atoms with Crippen molar-refractivity contribution in [2.45, 2.75) is 32.6 Å². The third kappa shape index (κ3) is 7.01. The lowest BCUT2D eigenvalue weighted by Gasteiger charge is -2.07. The molecule has 1 N–H and O–H groups in total. The van der Waals surface area contributed by atoms with Gasteiger partial charge in [0.15, 0.2) is 0 Å². The van der Waals surface area contributed by atoms with Crippen molar-refractivity contribution in [3.05, 3.63) is 34.1 Å². The van der Waals surface area contributed by atoms with Gasteiger partial charge < -0.3 is 10.1 Å². The van der Waals surface area contributed by atoms with Crippen LogP contribution in [0.1, 0.15) is 31.7 Å². The van der Waals surface area contributed by atoms with Crippen molar-refractivity contribution in [3.8, 4) is 0 Å². The van der Waals surface area contributed by atoms with E-state index in [0.717, 1.165) is 30.3 Å². The van der Waals surface area contributed by atoms with Crippen molar-refractivity contribution in [2.75, 3.05) is 19.8 Å². The molecule has 3 nitrogen and oxygen atoms in total. The highest BCUT2D eigenvalue weighted by atomic mass is 79.9. The molecule has 0 saturated carbocycles. The fourth-order valence-corrected chi connectivity index (χ4v) is 2.07. The summed E-state index contributed by atoms with van der Waals surface area (Å²) in [7, 11) is 0. The summed E-state index contributed by atoms with van der Waals surface area (Å²) in [6.45, 7) is 4.09. The minimum Gasteiger partial charge on any atom is -0.381 e. The Morgan fingerprint density at radius 2 is 2.10 bits per heavy atom. The summed E-state index contributed by atoms with van der Waals surface area (Å²) >= 11 is 3.27. The third-order valence-corrected chi connectivity index (χ3v) is 3.28. The Labute approximate surface area is 128 Å². The maximum absolute atomic E-state index is 13.5. The van der Waals surface area contributed by atoms with E-state index in [0.29, 0.717) is 18.7 Å². The molecule has 1 amide bonds. The number of halogens is 2. The lowest BCUT2D eigenvalue weighted by molar-refractivity contribution is -0.120. The maximum Gasteiger partial charge on any atom is 0.224 e. The summed E-state index contributed by atoms with van der Waals surface area (Å²) in [4.78, 5) is 11.7. The maximum atomic E-state index is 13.5. The quantitative estimate of drug-likeness (QED) is 0.696. The van der Waals surface area contributed by atoms with E-state index >= 15 is 0 Å². The monoisotopic (exact) mass is 345 g/mol. The summed E-state index contributed by atoms with van der Waals surface area (Å²) < 4.78 is 19.6. The van der Waals surface area contributed by atoms with Crippen LogP contribution >= 0.6 is 15.9 Å². The lowest BCUT2D eigenvalue weighted by Crippen LogP contribution is -2.27. The van der Waals surface area contributed by atoms with Crippen LogP contribution in [0.3, 0.4) is 0 Å². The van der Waals surface area contributed by atoms with Gasteiger partial charge in [0, 0.05) is 24.2 Å². The van der Waals surface area contributed by atoms with Crippen molar-refractivity contribution in [2.24, 2.45) is 0 Å². The van der Waals surface area contributed by atoms with E-state index in [-0.39, 0.29) is 18.1 Å². The van der Waals surface area contributed by atoms with Crippen LogP contribution in [0.5, 0.6) is 0 Å². The third-order valence-electron chi connectivity index (χ3n) is 2.79. The zero-order valence-corrected chi connectivity index (χ0v) is 13.3. The second-order valence-electron chi connectivity index (χ2n) is 4.58. The largest absolute Gasteiger partial charge is 0.381 e. The van der Waals surface area contributed by atoms with Crippen LogP contribution in [0.15, 0.2) is 22.7 Å². The number of rotatable bonds is 9. The van der Waals surface area contributed by atoms with Crippen LogP contribution in [0.25, 0.3) is 0 Å². The lowest BCUT2D eigenvalue weighted by atomic mass is 10.1. The molecular weight excluding hydrogens is 325 g/mol. The van der Waals surface area contributed by atoms with Crippen molar-refractivity contribution in [1.29, 1.82) is 0 Å². The number of benzene rings is 1. The van der Waals surface area contributed by atoms with Gasteiger partial charge in [-0.1, -0.05) is 29.3 Å². The topological polar surface area (TPSA) is 38.3 Å². The Hall–Kier alpha value is -0.940. The first kappa shape index (κ1) is 17.1. The minimum atomic E-state index is -0.355. The number of carbonyl (C=O) groups is 1. The number of hydrogen-bond donors (Lipinski definition) is 1. The van der Waals surface area contributed by atoms with Crippen molar-refractivity contribution in [3.63, 3.8) is 0 Å². The first-order chi connectivity index (χ1) is 9.63. The van der Waals surface area contributed by atoms with E-state index in [1.807, 2.05) is 0 Å². The average Bonchev–Trinajstić information content (AvgIpc) is 2.42. The SMILES string of the molecule is CCCCOCCCNC(=O)Cc1cc(Br)ccc1F. The Morgan fingerprint density at radius 1 is 1.35 bits per heavy atom. The molecule has 0 unspecified atom stereocenters. The van der Waals surface area contributed by atoms with Gasteiger partial charge in [-0.05, 0) is 36.6 Å². The molecule has 0 heterocycles. The second-order valence-corrected chi connectivity index (χ2v) is 5.50. The summed E-state index contributed by atoms with van der Waals surface area (Å²) in [5, 5.41) is 2.77. The van der Waals surface area contributed by atoms with Crippen molar-refractivity contribution < 1.29 is 13.9 Å². The number of amides is 1. The van der Waals surface area contributed by atoms with Crippen LogP contribution in [-0.2, 0) is 16.0 Å². The van der Waals surface area contributed by atoms with Gasteiger partial charge in [0.1, 0.15) is 5.82 Å². The molecule has 1 aromatic carbocycles. The van der Waals surface area contributed by atoms with Gasteiger partial charge in [0.05, 0.1) is 6.42 Å². The standard InChI is InChI=1S/C15H21BrFNO2/c1-2-3-8-20-9-4-7-18-15(19)11-12-10-13(16)5-6-14(12)17/h5-6,10H,2-4,7-9,11H2,1H3,(H,18,19). The zero-order chi connectivity index (χ0) is 14.8. The van der Waals surface area contributed by atoms with E-state index in [2.05, 4.69) is 28.2 Å². The Balaban J connectivity index is 2.19. The number of hydrogen-bond acceptors (Lipinski definition) is 2. The van der Waals surface area contributed by atoms with Crippen molar-refractivity contribution >= 4 is 21.8 Å². The molecule has 0 saturated heterocycles. The zero-order valence-electron chi connectivity index (χ0n) is 11.8. The average molecular weight is 346 g/mol. The molecule has 20 heavy (non-hydrogen) atoms.